The maximum Gasteiger partial charge on any atom is 0.338 e. The van der Waals surface area contributed by atoms with Gasteiger partial charge < -0.3 is 10.1 Å². The molecule has 0 saturated carbocycles. The fourth-order valence-corrected chi connectivity index (χ4v) is 2.71. The minimum absolute atomic E-state index is 0.324. The van der Waals surface area contributed by atoms with Crippen molar-refractivity contribution in [3.63, 3.8) is 0 Å². The minimum Gasteiger partial charge on any atom is -0.449 e. The minimum atomic E-state index is -0.868. The van der Waals surface area contributed by atoms with Crippen molar-refractivity contribution in [2.75, 3.05) is 0 Å². The van der Waals surface area contributed by atoms with Gasteiger partial charge >= 0.3 is 5.97 Å². The van der Waals surface area contributed by atoms with Gasteiger partial charge in [-0.15, -0.1) is 5.10 Å². The topological polar surface area (TPSA) is 86.1 Å². The highest BCUT2D eigenvalue weighted by molar-refractivity contribution is 5.92. The smallest absolute Gasteiger partial charge is 0.338 e. The number of nitrogens with one attached hydrogen (secondary N) is 1. The van der Waals surface area contributed by atoms with E-state index in [0.29, 0.717) is 12.1 Å². The van der Waals surface area contributed by atoms with Gasteiger partial charge in [0.2, 0.25) is 0 Å². The molecule has 0 spiro atoms. The molecule has 1 N–H and O–H groups in total. The first-order chi connectivity index (χ1) is 13.2. The normalized spacial score (nSPS) is 12.6. The first-order valence-corrected chi connectivity index (χ1v) is 9.13. The van der Waals surface area contributed by atoms with E-state index in [-0.39, 0.29) is 11.4 Å². The van der Waals surface area contributed by atoms with Crippen molar-refractivity contribution in [3.8, 4) is 0 Å². The molecule has 1 amide bonds. The molecule has 146 valence electrons. The molecule has 0 bridgehead atoms. The molecule has 1 atom stereocenters. The van der Waals surface area contributed by atoms with Crippen molar-refractivity contribution in [2.24, 2.45) is 0 Å². The third kappa shape index (κ3) is 4.73. The van der Waals surface area contributed by atoms with Gasteiger partial charge in [0.25, 0.3) is 5.91 Å². The second-order valence-electron chi connectivity index (χ2n) is 7.72. The Morgan fingerprint density at radius 3 is 2.46 bits per heavy atom. The molecule has 0 aliphatic heterocycles. The van der Waals surface area contributed by atoms with Crippen molar-refractivity contribution in [3.05, 3.63) is 59.7 Å². The molecule has 3 aromatic rings. The lowest BCUT2D eigenvalue weighted by Gasteiger charge is -2.23. The van der Waals surface area contributed by atoms with Crippen LogP contribution in [0.25, 0.3) is 11.0 Å². The van der Waals surface area contributed by atoms with Crippen LogP contribution in [0.5, 0.6) is 0 Å². The summed E-state index contributed by atoms with van der Waals surface area (Å²) in [6, 6.07) is 14.8. The summed E-state index contributed by atoms with van der Waals surface area (Å²) in [5, 5.41) is 11.1. The molecular weight excluding hydrogens is 356 g/mol. The predicted octanol–water partition coefficient (Wildman–Crippen LogP) is 2.94. The average molecular weight is 380 g/mol. The van der Waals surface area contributed by atoms with E-state index in [9.17, 15) is 9.59 Å². The summed E-state index contributed by atoms with van der Waals surface area (Å²) in [5.74, 6) is -0.857. The van der Waals surface area contributed by atoms with Gasteiger partial charge in [0.15, 0.2) is 6.10 Å². The Bertz CT molecular complexity index is 987. The summed E-state index contributed by atoms with van der Waals surface area (Å²) in [6.07, 6.45) is -0.868. The zero-order chi connectivity index (χ0) is 20.3. The Morgan fingerprint density at radius 2 is 1.79 bits per heavy atom. The Morgan fingerprint density at radius 1 is 1.11 bits per heavy atom. The largest absolute Gasteiger partial charge is 0.449 e. The van der Waals surface area contributed by atoms with Crippen LogP contribution in [-0.2, 0) is 16.1 Å². The highest BCUT2D eigenvalue weighted by Gasteiger charge is 2.22. The fraction of sp³-hybridized carbons (Fsp3) is 0.333. The molecule has 1 aromatic heterocycles. The Balaban J connectivity index is 1.63. The van der Waals surface area contributed by atoms with Crippen molar-refractivity contribution in [1.29, 1.82) is 0 Å². The standard InChI is InChI=1S/C21H24N4O3/c1-14(19(26)22-21(2,3)4)28-20(27)16-11-9-15(10-12-16)13-25-18-8-6-5-7-17(18)23-24-25/h5-12,14H,13H2,1-4H3,(H,22,26)/t14-/m0/s1. The average Bonchev–Trinajstić information content (AvgIpc) is 3.04. The number of rotatable bonds is 5. The van der Waals surface area contributed by atoms with Crippen LogP contribution in [-0.4, -0.2) is 38.5 Å². The highest BCUT2D eigenvalue weighted by atomic mass is 16.5. The monoisotopic (exact) mass is 380 g/mol. The summed E-state index contributed by atoms with van der Waals surface area (Å²) in [5.41, 5.74) is 2.77. The predicted molar refractivity (Wildman–Crippen MR) is 106 cm³/mol. The molecule has 7 heteroatoms. The first kappa shape index (κ1) is 19.5. The molecule has 1 heterocycles. The summed E-state index contributed by atoms with van der Waals surface area (Å²) < 4.78 is 7.08. The fourth-order valence-electron chi connectivity index (χ4n) is 2.71. The molecule has 2 aromatic carbocycles. The maximum absolute atomic E-state index is 12.3. The van der Waals surface area contributed by atoms with Gasteiger partial charge in [0.1, 0.15) is 5.52 Å². The molecule has 0 aliphatic carbocycles. The Hall–Kier alpha value is -3.22. The van der Waals surface area contributed by atoms with E-state index in [1.54, 1.807) is 19.1 Å². The van der Waals surface area contributed by atoms with Crippen LogP contribution in [0.3, 0.4) is 0 Å². The lowest BCUT2D eigenvalue weighted by atomic mass is 10.1. The van der Waals surface area contributed by atoms with Crippen LogP contribution in [0, 0.1) is 0 Å². The van der Waals surface area contributed by atoms with Crippen LogP contribution in [0.1, 0.15) is 43.6 Å². The number of aromatic nitrogens is 3. The molecule has 7 nitrogen and oxygen atoms in total. The zero-order valence-electron chi connectivity index (χ0n) is 16.5. The lowest BCUT2D eigenvalue weighted by Crippen LogP contribution is -2.46. The number of amides is 1. The van der Waals surface area contributed by atoms with Crippen LogP contribution in [0.4, 0.5) is 0 Å². The molecular formula is C21H24N4O3. The summed E-state index contributed by atoms with van der Waals surface area (Å²) in [6.45, 7) is 7.72. The van der Waals surface area contributed by atoms with Gasteiger partial charge in [-0.1, -0.05) is 29.5 Å². The number of benzene rings is 2. The summed E-state index contributed by atoms with van der Waals surface area (Å²) in [4.78, 5) is 24.4. The van der Waals surface area contributed by atoms with Gasteiger partial charge in [-0.25, -0.2) is 9.48 Å². The van der Waals surface area contributed by atoms with Crippen molar-refractivity contribution in [1.82, 2.24) is 20.3 Å². The van der Waals surface area contributed by atoms with E-state index in [2.05, 4.69) is 15.6 Å². The Labute approximate surface area is 163 Å². The number of esters is 1. The third-order valence-corrected chi connectivity index (χ3v) is 4.09. The quantitative estimate of drug-likeness (QED) is 0.688. The van der Waals surface area contributed by atoms with Gasteiger partial charge in [-0.05, 0) is 57.5 Å². The number of hydrogen-bond acceptors (Lipinski definition) is 5. The van der Waals surface area contributed by atoms with E-state index >= 15 is 0 Å². The van der Waals surface area contributed by atoms with Crippen LogP contribution in [0.15, 0.2) is 48.5 Å². The second kappa shape index (κ2) is 7.80. The van der Waals surface area contributed by atoms with Crippen LogP contribution in [0.2, 0.25) is 0 Å². The molecule has 0 radical (unpaired) electrons. The van der Waals surface area contributed by atoms with E-state index in [4.69, 9.17) is 4.74 Å². The highest BCUT2D eigenvalue weighted by Crippen LogP contribution is 2.14. The first-order valence-electron chi connectivity index (χ1n) is 9.13. The third-order valence-electron chi connectivity index (χ3n) is 4.09. The molecule has 0 fully saturated rings. The SMILES string of the molecule is C[C@H](OC(=O)c1ccc(Cn2nnc3ccccc32)cc1)C(=O)NC(C)(C)C. The number of hydrogen-bond donors (Lipinski definition) is 1. The van der Waals surface area contributed by atoms with Gasteiger partial charge in [0, 0.05) is 5.54 Å². The van der Waals surface area contributed by atoms with Crippen molar-refractivity contribution >= 4 is 22.9 Å². The molecule has 0 saturated heterocycles. The zero-order valence-corrected chi connectivity index (χ0v) is 16.5. The molecule has 3 rings (SSSR count). The van der Waals surface area contributed by atoms with E-state index < -0.39 is 12.1 Å². The van der Waals surface area contributed by atoms with Gasteiger partial charge in [-0.2, -0.15) is 0 Å². The number of ether oxygens (including phenoxy) is 1. The van der Waals surface area contributed by atoms with Crippen molar-refractivity contribution in [2.45, 2.75) is 45.9 Å². The van der Waals surface area contributed by atoms with Crippen molar-refractivity contribution < 1.29 is 14.3 Å². The molecule has 0 unspecified atom stereocenters. The summed E-state index contributed by atoms with van der Waals surface area (Å²) >= 11 is 0. The van der Waals surface area contributed by atoms with Crippen LogP contribution >= 0.6 is 0 Å². The number of nitrogens with zero attached hydrogens (tertiary/aromatic N) is 3. The van der Waals surface area contributed by atoms with E-state index in [1.807, 2.05) is 61.9 Å². The number of fused-ring (bicyclic) bond motifs is 1. The van der Waals surface area contributed by atoms with E-state index in [1.165, 1.54) is 0 Å². The number of para-hydroxylation sites is 1. The maximum atomic E-state index is 12.3. The Kier molecular flexibility index (Phi) is 5.44. The van der Waals surface area contributed by atoms with E-state index in [0.717, 1.165) is 16.6 Å². The number of carbonyl (C=O) groups excluding carboxylic acids is 2. The molecule has 28 heavy (non-hydrogen) atoms. The van der Waals surface area contributed by atoms with Crippen LogP contribution < -0.4 is 5.32 Å². The second-order valence-corrected chi connectivity index (χ2v) is 7.72. The number of carbonyl (C=O) groups is 2. The summed E-state index contributed by atoms with van der Waals surface area (Å²) in [7, 11) is 0. The molecule has 0 aliphatic rings. The van der Waals surface area contributed by atoms with Gasteiger partial charge in [0.05, 0.1) is 17.6 Å². The van der Waals surface area contributed by atoms with Gasteiger partial charge in [-0.3, -0.25) is 4.79 Å². The lowest BCUT2D eigenvalue weighted by molar-refractivity contribution is -0.130.